The maximum absolute atomic E-state index is 13.0. The zero-order chi connectivity index (χ0) is 15.5. The van der Waals surface area contributed by atoms with Crippen LogP contribution in [-0.4, -0.2) is 16.6 Å². The topological polar surface area (TPSA) is 51.5 Å². The van der Waals surface area contributed by atoms with Gasteiger partial charge in [-0.25, -0.2) is 4.98 Å². The van der Waals surface area contributed by atoms with Gasteiger partial charge in [0, 0.05) is 6.42 Å². The third kappa shape index (κ3) is 2.42. The van der Waals surface area contributed by atoms with Crippen molar-refractivity contribution >= 4 is 10.9 Å². The Labute approximate surface area is 129 Å². The van der Waals surface area contributed by atoms with Gasteiger partial charge in [-0.1, -0.05) is 37.3 Å². The molecule has 0 spiro atoms. The molecule has 0 saturated heterocycles. The number of nitrogens with two attached hydrogens (primary N) is 1. The van der Waals surface area contributed by atoms with Crippen LogP contribution in [0.2, 0.25) is 0 Å². The summed E-state index contributed by atoms with van der Waals surface area (Å²) in [5.74, 6) is 0.805. The summed E-state index contributed by atoms with van der Waals surface area (Å²) in [4.78, 5) is 17.8. The molecule has 0 saturated carbocycles. The normalized spacial score (nSPS) is 12.5. The molecule has 0 amide bonds. The Hall–Kier alpha value is -2.46. The molecule has 22 heavy (non-hydrogen) atoms. The molecule has 0 aliphatic carbocycles. The van der Waals surface area contributed by atoms with Crippen molar-refractivity contribution in [2.45, 2.75) is 19.4 Å². The molecule has 3 aromatic rings. The third-order valence-corrected chi connectivity index (χ3v) is 3.99. The summed E-state index contributed by atoms with van der Waals surface area (Å²) in [6.45, 7) is 2.11. The third-order valence-electron chi connectivity index (χ3n) is 3.99. The van der Waals surface area contributed by atoms with E-state index < -0.39 is 0 Å². The Morgan fingerprint density at radius 2 is 1.77 bits per heavy atom. The number of benzene rings is 2. The second-order valence-corrected chi connectivity index (χ2v) is 5.31. The number of rotatable bonds is 4. The SMILES string of the molecule is CC[C@@H]([NH2+]C)c1nc2ccccc2c(=O)n1-c1ccccc1. The number of aromatic nitrogens is 2. The minimum atomic E-state index is -0.00731. The molecule has 1 atom stereocenters. The average Bonchev–Trinajstić information content (AvgIpc) is 2.57. The zero-order valence-electron chi connectivity index (χ0n) is 12.9. The van der Waals surface area contributed by atoms with Gasteiger partial charge in [0.1, 0.15) is 6.04 Å². The first-order valence-electron chi connectivity index (χ1n) is 7.62. The summed E-state index contributed by atoms with van der Waals surface area (Å²) in [6.07, 6.45) is 0.911. The van der Waals surface area contributed by atoms with E-state index >= 15 is 0 Å². The van der Waals surface area contributed by atoms with Gasteiger partial charge in [-0.05, 0) is 24.3 Å². The lowest BCUT2D eigenvalue weighted by Crippen LogP contribution is -2.81. The predicted molar refractivity (Wildman–Crippen MR) is 88.2 cm³/mol. The van der Waals surface area contributed by atoms with E-state index in [1.165, 1.54) is 0 Å². The quantitative estimate of drug-likeness (QED) is 0.800. The van der Waals surface area contributed by atoms with Gasteiger partial charge >= 0.3 is 0 Å². The van der Waals surface area contributed by atoms with Gasteiger partial charge in [0.05, 0.1) is 23.6 Å². The van der Waals surface area contributed by atoms with Crippen LogP contribution in [-0.2, 0) is 0 Å². The molecule has 112 valence electrons. The first kappa shape index (κ1) is 14.5. The van der Waals surface area contributed by atoms with E-state index in [1.807, 2.05) is 61.6 Å². The molecule has 0 aliphatic heterocycles. The first-order valence-corrected chi connectivity index (χ1v) is 7.62. The molecule has 1 heterocycles. The van der Waals surface area contributed by atoms with E-state index in [-0.39, 0.29) is 11.6 Å². The number of hydrogen-bond donors (Lipinski definition) is 1. The van der Waals surface area contributed by atoms with Gasteiger partial charge in [0.15, 0.2) is 5.82 Å². The lowest BCUT2D eigenvalue weighted by molar-refractivity contribution is -0.672. The predicted octanol–water partition coefficient (Wildman–Crippen LogP) is 2.03. The van der Waals surface area contributed by atoms with Gasteiger partial charge in [-0.2, -0.15) is 0 Å². The summed E-state index contributed by atoms with van der Waals surface area (Å²) in [5.41, 5.74) is 1.61. The second kappa shape index (κ2) is 6.12. The molecular weight excluding hydrogens is 274 g/mol. The smallest absolute Gasteiger partial charge is 0.266 e. The molecule has 2 aromatic carbocycles. The van der Waals surface area contributed by atoms with E-state index in [9.17, 15) is 4.79 Å². The van der Waals surface area contributed by atoms with Crippen molar-refractivity contribution in [2.75, 3.05) is 7.05 Å². The van der Waals surface area contributed by atoms with Gasteiger partial charge in [-0.3, -0.25) is 9.36 Å². The highest BCUT2D eigenvalue weighted by Crippen LogP contribution is 2.17. The van der Waals surface area contributed by atoms with Crippen LogP contribution in [0.25, 0.3) is 16.6 Å². The highest BCUT2D eigenvalue weighted by atomic mass is 16.1. The molecule has 0 aliphatic rings. The summed E-state index contributed by atoms with van der Waals surface area (Å²) in [7, 11) is 2.02. The van der Waals surface area contributed by atoms with Crippen LogP contribution in [0.5, 0.6) is 0 Å². The number of quaternary nitrogens is 1. The van der Waals surface area contributed by atoms with Crippen LogP contribution in [0, 0.1) is 0 Å². The fourth-order valence-electron chi connectivity index (χ4n) is 2.79. The molecular formula is C18H20N3O+. The summed E-state index contributed by atoms with van der Waals surface area (Å²) in [6, 6.07) is 17.4. The maximum atomic E-state index is 13.0. The van der Waals surface area contributed by atoms with Crippen LogP contribution in [0.4, 0.5) is 0 Å². The number of fused-ring (bicyclic) bond motifs is 1. The monoisotopic (exact) mass is 294 g/mol. The average molecular weight is 294 g/mol. The Morgan fingerprint density at radius 1 is 1.09 bits per heavy atom. The Balaban J connectivity index is 2.38. The van der Waals surface area contributed by atoms with Crippen LogP contribution >= 0.6 is 0 Å². The lowest BCUT2D eigenvalue weighted by Gasteiger charge is -2.17. The van der Waals surface area contributed by atoms with Gasteiger partial charge in [0.25, 0.3) is 5.56 Å². The lowest BCUT2D eigenvalue weighted by atomic mass is 10.1. The molecule has 0 bridgehead atoms. The first-order chi connectivity index (χ1) is 10.8. The Kier molecular flexibility index (Phi) is 4.02. The molecule has 3 rings (SSSR count). The second-order valence-electron chi connectivity index (χ2n) is 5.31. The summed E-state index contributed by atoms with van der Waals surface area (Å²) < 4.78 is 1.75. The Morgan fingerprint density at radius 3 is 2.45 bits per heavy atom. The largest absolute Gasteiger partial charge is 0.340 e. The molecule has 2 N–H and O–H groups in total. The van der Waals surface area contributed by atoms with Crippen molar-refractivity contribution in [2.24, 2.45) is 0 Å². The van der Waals surface area contributed by atoms with Crippen LogP contribution in [0.15, 0.2) is 59.4 Å². The van der Waals surface area contributed by atoms with E-state index in [2.05, 4.69) is 12.2 Å². The van der Waals surface area contributed by atoms with Crippen molar-refractivity contribution in [1.82, 2.24) is 9.55 Å². The minimum Gasteiger partial charge on any atom is -0.340 e. The highest BCUT2D eigenvalue weighted by Gasteiger charge is 2.20. The van der Waals surface area contributed by atoms with Crippen LogP contribution in [0.3, 0.4) is 0 Å². The molecule has 4 nitrogen and oxygen atoms in total. The maximum Gasteiger partial charge on any atom is 0.266 e. The summed E-state index contributed by atoms with van der Waals surface area (Å²) >= 11 is 0. The van der Waals surface area contributed by atoms with Gasteiger partial charge in [-0.15, -0.1) is 0 Å². The van der Waals surface area contributed by atoms with E-state index in [0.717, 1.165) is 23.4 Å². The van der Waals surface area contributed by atoms with Crippen LogP contribution in [0.1, 0.15) is 25.2 Å². The zero-order valence-corrected chi connectivity index (χ0v) is 12.9. The van der Waals surface area contributed by atoms with E-state index in [0.29, 0.717) is 5.39 Å². The fourth-order valence-corrected chi connectivity index (χ4v) is 2.79. The number of hydrogen-bond acceptors (Lipinski definition) is 2. The molecule has 0 unspecified atom stereocenters. The van der Waals surface area contributed by atoms with Crippen LogP contribution < -0.4 is 10.9 Å². The van der Waals surface area contributed by atoms with Crippen molar-refractivity contribution in [3.63, 3.8) is 0 Å². The number of nitrogens with zero attached hydrogens (tertiary/aromatic N) is 2. The van der Waals surface area contributed by atoms with Crippen molar-refractivity contribution < 1.29 is 5.32 Å². The Bertz CT molecular complexity index is 836. The molecule has 0 fully saturated rings. The molecule has 1 aromatic heterocycles. The number of para-hydroxylation sites is 2. The highest BCUT2D eigenvalue weighted by molar-refractivity contribution is 5.77. The van der Waals surface area contributed by atoms with Crippen molar-refractivity contribution in [3.05, 3.63) is 70.8 Å². The summed E-state index contributed by atoms with van der Waals surface area (Å²) in [5, 5.41) is 2.76. The molecule has 4 heteroatoms. The van der Waals surface area contributed by atoms with Gasteiger partial charge < -0.3 is 5.32 Å². The fraction of sp³-hybridized carbons (Fsp3) is 0.222. The van der Waals surface area contributed by atoms with Gasteiger partial charge in [0.2, 0.25) is 0 Å². The van der Waals surface area contributed by atoms with Crippen molar-refractivity contribution in [1.29, 1.82) is 0 Å². The van der Waals surface area contributed by atoms with Crippen molar-refractivity contribution in [3.8, 4) is 5.69 Å². The molecule has 0 radical (unpaired) electrons. The minimum absolute atomic E-state index is 0.00731. The van der Waals surface area contributed by atoms with E-state index in [4.69, 9.17) is 4.98 Å². The standard InChI is InChI=1S/C18H19N3O/c1-3-15(19-2)17-20-16-12-8-7-11-14(16)18(22)21(17)13-9-5-4-6-10-13/h4-12,15,19H,3H2,1-2H3/p+1/t15-/m1/s1. The van der Waals surface area contributed by atoms with E-state index in [1.54, 1.807) is 4.57 Å².